The van der Waals surface area contributed by atoms with Crippen molar-refractivity contribution in [3.63, 3.8) is 0 Å². The van der Waals surface area contributed by atoms with Crippen LogP contribution in [0.25, 0.3) is 0 Å². The fourth-order valence-electron chi connectivity index (χ4n) is 1.18. The first-order valence-corrected chi connectivity index (χ1v) is 5.14. The van der Waals surface area contributed by atoms with E-state index in [1.165, 1.54) is 9.13 Å². The minimum atomic E-state index is -0.738. The van der Waals surface area contributed by atoms with Crippen LogP contribution in [0.5, 0.6) is 0 Å². The zero-order chi connectivity index (χ0) is 9.84. The molecule has 1 aromatic carbocycles. The fourth-order valence-corrected chi connectivity index (χ4v) is 1.83. The predicted octanol–water partition coefficient (Wildman–Crippen LogP) is 2.62. The molecule has 2 nitrogen and oxygen atoms in total. The Bertz CT molecular complexity index is 321. The predicted molar refractivity (Wildman–Crippen MR) is 59.9 cm³/mol. The van der Waals surface area contributed by atoms with Crippen molar-refractivity contribution in [2.24, 2.45) is 0 Å². The van der Waals surface area contributed by atoms with Crippen LogP contribution in [-0.2, 0) is 11.2 Å². The van der Waals surface area contributed by atoms with Crippen LogP contribution < -0.4 is 0 Å². The minimum Gasteiger partial charge on any atom is -0.481 e. The van der Waals surface area contributed by atoms with E-state index >= 15 is 0 Å². The Morgan fingerprint density at radius 1 is 1.54 bits per heavy atom. The van der Waals surface area contributed by atoms with Crippen LogP contribution in [0.1, 0.15) is 17.5 Å². The van der Waals surface area contributed by atoms with Crippen molar-refractivity contribution in [3.05, 3.63) is 32.9 Å². The van der Waals surface area contributed by atoms with Crippen molar-refractivity contribution in [3.8, 4) is 0 Å². The summed E-state index contributed by atoms with van der Waals surface area (Å²) < 4.78 is 1.19. The molecule has 1 N–H and O–H groups in total. The number of rotatable bonds is 3. The van der Waals surface area contributed by atoms with Crippen LogP contribution in [0.2, 0.25) is 0 Å². The summed E-state index contributed by atoms with van der Waals surface area (Å²) in [5.74, 6) is -0.738. The number of halogens is 1. The Hall–Kier alpha value is -0.580. The number of aryl methyl sites for hydroxylation is 2. The first kappa shape index (κ1) is 10.5. The van der Waals surface area contributed by atoms with Crippen LogP contribution >= 0.6 is 22.6 Å². The molecule has 0 saturated carbocycles. The largest absolute Gasteiger partial charge is 0.481 e. The zero-order valence-electron chi connectivity index (χ0n) is 7.38. The van der Waals surface area contributed by atoms with Crippen LogP contribution in [-0.4, -0.2) is 11.1 Å². The molecular formula is C10H11IO2. The van der Waals surface area contributed by atoms with Gasteiger partial charge in [-0.25, -0.2) is 0 Å². The number of hydrogen-bond donors (Lipinski definition) is 1. The quantitative estimate of drug-likeness (QED) is 0.869. The summed E-state index contributed by atoms with van der Waals surface area (Å²) in [5.41, 5.74) is 2.30. The third-order valence-electron chi connectivity index (χ3n) is 1.91. The molecule has 13 heavy (non-hydrogen) atoms. The topological polar surface area (TPSA) is 37.3 Å². The van der Waals surface area contributed by atoms with E-state index in [1.54, 1.807) is 0 Å². The molecule has 0 aliphatic rings. The summed E-state index contributed by atoms with van der Waals surface area (Å²) >= 11 is 2.25. The molecule has 0 fully saturated rings. The van der Waals surface area contributed by atoms with Gasteiger partial charge in [0.15, 0.2) is 0 Å². The van der Waals surface area contributed by atoms with Gasteiger partial charge in [-0.3, -0.25) is 4.79 Å². The maximum atomic E-state index is 10.3. The van der Waals surface area contributed by atoms with E-state index in [4.69, 9.17) is 5.11 Å². The molecule has 0 bridgehead atoms. The Morgan fingerprint density at radius 2 is 2.23 bits per heavy atom. The van der Waals surface area contributed by atoms with Crippen LogP contribution in [0.3, 0.4) is 0 Å². The monoisotopic (exact) mass is 290 g/mol. The van der Waals surface area contributed by atoms with E-state index in [1.807, 2.05) is 19.1 Å². The number of carboxylic acid groups (broad SMARTS) is 1. The average molecular weight is 290 g/mol. The second-order valence-electron chi connectivity index (χ2n) is 2.96. The molecule has 1 rings (SSSR count). The lowest BCUT2D eigenvalue weighted by molar-refractivity contribution is -0.136. The number of benzene rings is 1. The van der Waals surface area contributed by atoms with E-state index < -0.39 is 5.97 Å². The summed E-state index contributed by atoms with van der Waals surface area (Å²) in [4.78, 5) is 10.3. The van der Waals surface area contributed by atoms with Gasteiger partial charge < -0.3 is 5.11 Å². The van der Waals surface area contributed by atoms with Crippen molar-refractivity contribution in [2.45, 2.75) is 19.8 Å². The summed E-state index contributed by atoms with van der Waals surface area (Å²) in [6.07, 6.45) is 0.833. The first-order chi connectivity index (χ1) is 6.09. The van der Waals surface area contributed by atoms with Crippen LogP contribution in [0.15, 0.2) is 18.2 Å². The average Bonchev–Trinajstić information content (AvgIpc) is 2.02. The van der Waals surface area contributed by atoms with Gasteiger partial charge in [0.2, 0.25) is 0 Å². The van der Waals surface area contributed by atoms with Crippen molar-refractivity contribution in [2.75, 3.05) is 0 Å². The van der Waals surface area contributed by atoms with E-state index in [2.05, 4.69) is 28.7 Å². The third kappa shape index (κ3) is 3.34. The molecule has 0 aliphatic carbocycles. The molecule has 0 aliphatic heterocycles. The molecule has 0 spiro atoms. The van der Waals surface area contributed by atoms with Gasteiger partial charge >= 0.3 is 5.97 Å². The fraction of sp³-hybridized carbons (Fsp3) is 0.300. The number of hydrogen-bond acceptors (Lipinski definition) is 1. The van der Waals surface area contributed by atoms with E-state index in [-0.39, 0.29) is 6.42 Å². The highest BCUT2D eigenvalue weighted by atomic mass is 127. The molecule has 0 aromatic heterocycles. The van der Waals surface area contributed by atoms with Crippen molar-refractivity contribution in [1.29, 1.82) is 0 Å². The summed E-state index contributed by atoms with van der Waals surface area (Å²) in [6, 6.07) is 6.07. The van der Waals surface area contributed by atoms with E-state index in [0.717, 1.165) is 5.56 Å². The maximum Gasteiger partial charge on any atom is 0.303 e. The van der Waals surface area contributed by atoms with Gasteiger partial charge in [0, 0.05) is 9.99 Å². The number of aliphatic carboxylic acids is 1. The molecule has 0 unspecified atom stereocenters. The molecule has 0 heterocycles. The molecule has 1 aromatic rings. The molecule has 0 amide bonds. The standard InChI is InChI=1S/C10H11IO2/c1-7-6-9(11)4-2-8(7)3-5-10(12)13/h2,4,6H,3,5H2,1H3,(H,12,13). The van der Waals surface area contributed by atoms with Crippen molar-refractivity contribution >= 4 is 28.6 Å². The summed E-state index contributed by atoms with van der Waals surface area (Å²) in [7, 11) is 0. The number of carbonyl (C=O) groups is 1. The van der Waals surface area contributed by atoms with Gasteiger partial charge in [0.1, 0.15) is 0 Å². The molecule has 0 radical (unpaired) electrons. The Labute approximate surface area is 91.1 Å². The van der Waals surface area contributed by atoms with Gasteiger partial charge in [0.05, 0.1) is 0 Å². The highest BCUT2D eigenvalue weighted by Gasteiger charge is 2.02. The van der Waals surface area contributed by atoms with E-state index in [0.29, 0.717) is 6.42 Å². The van der Waals surface area contributed by atoms with Gasteiger partial charge in [-0.15, -0.1) is 0 Å². The highest BCUT2D eigenvalue weighted by Crippen LogP contribution is 2.14. The highest BCUT2D eigenvalue weighted by molar-refractivity contribution is 14.1. The Balaban J connectivity index is 2.72. The van der Waals surface area contributed by atoms with Gasteiger partial charge in [-0.1, -0.05) is 6.07 Å². The van der Waals surface area contributed by atoms with Gasteiger partial charge in [-0.05, 0) is 59.2 Å². The second-order valence-corrected chi connectivity index (χ2v) is 4.21. The lowest BCUT2D eigenvalue weighted by Crippen LogP contribution is -1.99. The molecule has 0 saturated heterocycles. The van der Waals surface area contributed by atoms with Crippen molar-refractivity contribution in [1.82, 2.24) is 0 Å². The smallest absolute Gasteiger partial charge is 0.303 e. The molecule has 70 valence electrons. The first-order valence-electron chi connectivity index (χ1n) is 4.06. The van der Waals surface area contributed by atoms with Crippen molar-refractivity contribution < 1.29 is 9.90 Å². The summed E-state index contributed by atoms with van der Waals surface area (Å²) in [5, 5.41) is 8.52. The molecule has 3 heteroatoms. The van der Waals surface area contributed by atoms with Crippen LogP contribution in [0, 0.1) is 10.5 Å². The van der Waals surface area contributed by atoms with Crippen LogP contribution in [0.4, 0.5) is 0 Å². The zero-order valence-corrected chi connectivity index (χ0v) is 9.54. The number of carboxylic acids is 1. The Morgan fingerprint density at radius 3 is 2.77 bits per heavy atom. The van der Waals surface area contributed by atoms with Gasteiger partial charge in [0.25, 0.3) is 0 Å². The van der Waals surface area contributed by atoms with Gasteiger partial charge in [-0.2, -0.15) is 0 Å². The second kappa shape index (κ2) is 4.60. The lowest BCUT2D eigenvalue weighted by Gasteiger charge is -2.03. The van der Waals surface area contributed by atoms with E-state index in [9.17, 15) is 4.79 Å². The molecule has 0 atom stereocenters. The lowest BCUT2D eigenvalue weighted by atomic mass is 10.0. The Kier molecular flexibility index (Phi) is 3.71. The minimum absolute atomic E-state index is 0.210. The third-order valence-corrected chi connectivity index (χ3v) is 2.58. The SMILES string of the molecule is Cc1cc(I)ccc1CCC(=O)O. The normalized spacial score (nSPS) is 10.0. The molecular weight excluding hydrogens is 279 g/mol. The summed E-state index contributed by atoms with van der Waals surface area (Å²) in [6.45, 7) is 2.01. The maximum absolute atomic E-state index is 10.3.